The van der Waals surface area contributed by atoms with Gasteiger partial charge in [0.1, 0.15) is 47.6 Å². The summed E-state index contributed by atoms with van der Waals surface area (Å²) < 4.78 is 50.6. The van der Waals surface area contributed by atoms with Crippen molar-refractivity contribution in [1.82, 2.24) is 4.90 Å². The lowest BCUT2D eigenvalue weighted by molar-refractivity contribution is -0.314. The van der Waals surface area contributed by atoms with Crippen molar-refractivity contribution in [3.05, 3.63) is 115 Å². The van der Waals surface area contributed by atoms with Gasteiger partial charge in [0.05, 0.1) is 37.0 Å². The summed E-state index contributed by atoms with van der Waals surface area (Å²) in [7, 11) is 5.43. The molecule has 0 amide bonds. The van der Waals surface area contributed by atoms with Crippen LogP contribution in [0.1, 0.15) is 111 Å². The molecule has 13 heteroatoms. The number of hydrogen-bond acceptors (Lipinski definition) is 11. The molecule has 3 aromatic rings. The number of rotatable bonds is 19. The van der Waals surface area contributed by atoms with Crippen LogP contribution in [0, 0.1) is 35.5 Å². The van der Waals surface area contributed by atoms with Crippen LogP contribution in [-0.4, -0.2) is 125 Å². The molecule has 0 aromatic heterocycles. The highest BCUT2D eigenvalue weighted by Gasteiger charge is 2.53. The standard InChI is InChI=1S/C64H89NO10P.BrH/c1-9-46-24-23-31-57(42(2)60(67)55-40-53-51(54(55)41-58(66)73-46)33-32-45-38-47(39-52(45)53)74-64-63(70-8)62(69-7)61(68-6)44(4)72-64)75-59-35-34-56(43(3)71-59)65(5)36-21-10-11-22-37-76(48-25-15-12-16-26-48,49-27-17-13-18-28-49)50-29-19-14-20-30-50;/h12-20,25-30,32-33,40,42-47,51-54,56-57,59,61-64H,9-11,21-24,31,34-39,41H2,1-8H3;1H/q+1;/p-1/t42-,43-,44+,45-,46+,47-,51-,52-,53-,54+,56+,57+,59+,61+,62-,63-,64+;/m1./s1. The molecule has 0 N–H and O–H groups in total. The average molecular weight is 1140 g/mol. The van der Waals surface area contributed by atoms with E-state index < -0.39 is 31.9 Å². The Balaban J connectivity index is 0.00000784. The van der Waals surface area contributed by atoms with Gasteiger partial charge in [0.2, 0.25) is 0 Å². The monoisotopic (exact) mass is 1140 g/mol. The number of cyclic esters (lactones) is 1. The van der Waals surface area contributed by atoms with Gasteiger partial charge in [0.15, 0.2) is 18.4 Å². The number of carbonyl (C=O) groups is 2. The van der Waals surface area contributed by atoms with E-state index in [1.165, 1.54) is 35.2 Å². The van der Waals surface area contributed by atoms with Crippen molar-refractivity contribution in [2.24, 2.45) is 35.5 Å². The smallest absolute Gasteiger partial charge is 0.306 e. The van der Waals surface area contributed by atoms with Gasteiger partial charge < -0.3 is 59.8 Å². The number of ketones is 1. The van der Waals surface area contributed by atoms with Crippen LogP contribution in [0.15, 0.2) is 115 Å². The van der Waals surface area contributed by atoms with Gasteiger partial charge >= 0.3 is 5.97 Å². The predicted octanol–water partition coefficient (Wildman–Crippen LogP) is 7.42. The van der Waals surface area contributed by atoms with Crippen molar-refractivity contribution in [1.29, 1.82) is 0 Å². The maximum atomic E-state index is 15.1. The number of nitrogens with zero attached hydrogens (tertiary/aromatic N) is 1. The number of unbranched alkanes of at least 4 members (excludes halogenated alkanes) is 3. The van der Waals surface area contributed by atoms with Gasteiger partial charge in [-0.1, -0.05) is 93.1 Å². The van der Waals surface area contributed by atoms with Gasteiger partial charge in [0.25, 0.3) is 0 Å². The van der Waals surface area contributed by atoms with Gasteiger partial charge in [-0.3, -0.25) is 9.59 Å². The Morgan fingerprint density at radius 1 is 0.675 bits per heavy atom. The Morgan fingerprint density at radius 2 is 1.31 bits per heavy atom. The van der Waals surface area contributed by atoms with E-state index in [1.54, 1.807) is 21.3 Å². The largest absolute Gasteiger partial charge is 1.00 e. The highest BCUT2D eigenvalue weighted by Crippen LogP contribution is 2.57. The molecule has 0 radical (unpaired) electrons. The topological polar surface area (TPSA) is 111 Å². The molecule has 0 spiro atoms. The van der Waals surface area contributed by atoms with Gasteiger partial charge in [0, 0.05) is 39.2 Å². The van der Waals surface area contributed by atoms with Crippen molar-refractivity contribution in [2.75, 3.05) is 41.1 Å². The summed E-state index contributed by atoms with van der Waals surface area (Å²) in [4.78, 5) is 31.3. The van der Waals surface area contributed by atoms with Crippen molar-refractivity contribution in [2.45, 2.75) is 179 Å². The second-order valence-corrected chi connectivity index (χ2v) is 26.6. The molecule has 3 aromatic carbocycles. The molecule has 6 aliphatic rings. The van der Waals surface area contributed by atoms with Gasteiger partial charge in [-0.15, -0.1) is 0 Å². The molecule has 3 saturated heterocycles. The number of esters is 1. The fourth-order valence-corrected chi connectivity index (χ4v) is 18.8. The van der Waals surface area contributed by atoms with Gasteiger partial charge in [-0.2, -0.15) is 0 Å². The number of carbonyl (C=O) groups excluding carboxylic acids is 2. The molecule has 17 atom stereocenters. The summed E-state index contributed by atoms with van der Waals surface area (Å²) in [6.07, 6.45) is 16.4. The Bertz CT molecular complexity index is 2280. The molecule has 0 unspecified atom stereocenters. The summed E-state index contributed by atoms with van der Waals surface area (Å²) >= 11 is 0. The minimum Gasteiger partial charge on any atom is -1.00 e. The molecule has 9 rings (SSSR count). The van der Waals surface area contributed by atoms with E-state index in [-0.39, 0.29) is 107 Å². The van der Waals surface area contributed by atoms with Crippen LogP contribution in [0.25, 0.3) is 0 Å². The number of methoxy groups -OCH3 is 3. The van der Waals surface area contributed by atoms with Gasteiger partial charge in [-0.05, 0) is 164 Å². The Kier molecular flexibility index (Phi) is 21.8. The lowest BCUT2D eigenvalue weighted by Crippen LogP contribution is -3.00. The summed E-state index contributed by atoms with van der Waals surface area (Å²) in [5.41, 5.74) is 0.762. The predicted molar refractivity (Wildman–Crippen MR) is 302 cm³/mol. The fraction of sp³-hybridized carbons (Fsp3) is 0.625. The Morgan fingerprint density at radius 3 is 1.92 bits per heavy atom. The van der Waals surface area contributed by atoms with Crippen LogP contribution in [0.5, 0.6) is 0 Å². The van der Waals surface area contributed by atoms with Crippen molar-refractivity contribution in [3.63, 3.8) is 0 Å². The quantitative estimate of drug-likeness (QED) is 0.0518. The van der Waals surface area contributed by atoms with Crippen LogP contribution < -0.4 is 32.9 Å². The van der Waals surface area contributed by atoms with E-state index in [0.717, 1.165) is 69.6 Å². The first-order valence-electron chi connectivity index (χ1n) is 29.1. The van der Waals surface area contributed by atoms with Crippen LogP contribution in [0.2, 0.25) is 0 Å². The number of halogens is 1. The first-order valence-corrected chi connectivity index (χ1v) is 31.0. The second-order valence-electron chi connectivity index (χ2n) is 23.0. The zero-order valence-electron chi connectivity index (χ0n) is 47.2. The summed E-state index contributed by atoms with van der Waals surface area (Å²) in [6.45, 7) is 9.32. The molecular weight excluding hydrogens is 1050 g/mol. The maximum absolute atomic E-state index is 15.1. The van der Waals surface area contributed by atoms with Crippen molar-refractivity contribution < 1.29 is 64.5 Å². The average Bonchev–Trinajstić information content (AvgIpc) is 4.04. The van der Waals surface area contributed by atoms with E-state index >= 15 is 4.79 Å². The molecular formula is C64H89BrNO10P. The van der Waals surface area contributed by atoms with E-state index in [4.69, 9.17) is 37.9 Å². The summed E-state index contributed by atoms with van der Waals surface area (Å²) in [5.74, 6) is -0.125. The van der Waals surface area contributed by atoms with E-state index in [2.05, 4.69) is 135 Å². The highest BCUT2D eigenvalue weighted by atomic mass is 79.9. The number of allylic oxidation sites excluding steroid dienone is 4. The van der Waals surface area contributed by atoms with Crippen LogP contribution >= 0.6 is 7.26 Å². The normalized spacial score (nSPS) is 34.7. The molecule has 77 heavy (non-hydrogen) atoms. The number of likely N-dealkylation sites (N-methyl/N-ethyl adjacent to an activating group) is 1. The zero-order valence-corrected chi connectivity index (χ0v) is 49.6. The molecule has 422 valence electrons. The number of hydrogen-bond donors (Lipinski definition) is 0. The van der Waals surface area contributed by atoms with Crippen LogP contribution in [0.3, 0.4) is 0 Å². The molecule has 3 aliphatic carbocycles. The van der Waals surface area contributed by atoms with E-state index in [0.29, 0.717) is 12.5 Å². The van der Waals surface area contributed by atoms with Crippen LogP contribution in [-0.2, 0) is 47.5 Å². The Labute approximate surface area is 472 Å². The third-order valence-electron chi connectivity index (χ3n) is 18.5. The molecule has 4 fully saturated rings. The maximum Gasteiger partial charge on any atom is 0.306 e. The number of fused-ring (bicyclic) bond motifs is 5. The third kappa shape index (κ3) is 13.5. The van der Waals surface area contributed by atoms with E-state index in [9.17, 15) is 4.79 Å². The SMILES string of the molecule is CC[C@H]1CCC[C@H](O[C@H]2CC[C@H](N(C)CCCCCC[P+](c3ccccc3)(c3ccccc3)c3ccccc3)[C@@H](C)O2)[C@@H](C)C(=O)C2=C[C@@H]3[C@@H](C=C[C@@H]4C[C@@H](O[C@@H]5O[C@@H](C)[C@H](OC)[C@@H](OC)[C@H]5OC)C[C@@H]34)[C@@H]2CC(=O)O1.[Br-]. The zero-order chi connectivity index (χ0) is 53.3. The number of Topliss-reactive ketones (excluding diaryl/α,β-unsaturated/α-hetero) is 1. The summed E-state index contributed by atoms with van der Waals surface area (Å²) in [6, 6.07) is 34.0. The number of benzene rings is 3. The highest BCUT2D eigenvalue weighted by molar-refractivity contribution is 7.95. The molecule has 3 aliphatic heterocycles. The van der Waals surface area contributed by atoms with E-state index in [1.807, 2.05) is 13.8 Å². The molecule has 11 nitrogen and oxygen atoms in total. The molecule has 3 heterocycles. The fourth-order valence-electron chi connectivity index (χ4n) is 14.4. The molecule has 1 saturated carbocycles. The van der Waals surface area contributed by atoms with Gasteiger partial charge in [-0.25, -0.2) is 0 Å². The first-order chi connectivity index (χ1) is 37.0. The van der Waals surface area contributed by atoms with Crippen molar-refractivity contribution in [3.8, 4) is 0 Å². The number of ether oxygens (including phenoxy) is 8. The second kappa shape index (κ2) is 28.0. The first kappa shape index (κ1) is 60.0. The van der Waals surface area contributed by atoms with Crippen molar-refractivity contribution >= 4 is 34.9 Å². The lowest BCUT2D eigenvalue weighted by atomic mass is 9.70. The third-order valence-corrected chi connectivity index (χ3v) is 23.0. The molecule has 0 bridgehead atoms. The minimum absolute atomic E-state index is 0. The lowest BCUT2D eigenvalue weighted by Gasteiger charge is -2.44. The Hall–Kier alpha value is -3.13. The summed E-state index contributed by atoms with van der Waals surface area (Å²) in [5, 5.41) is 4.36. The minimum atomic E-state index is -1.82. The van der Waals surface area contributed by atoms with Crippen LogP contribution in [0.4, 0.5) is 0 Å².